The number of aromatic nitrogens is 1. The van der Waals surface area contributed by atoms with Crippen molar-refractivity contribution in [3.63, 3.8) is 0 Å². The lowest BCUT2D eigenvalue weighted by Crippen LogP contribution is -2.57. The van der Waals surface area contributed by atoms with Gasteiger partial charge in [-0.05, 0) is 51.3 Å². The molecule has 1 unspecified atom stereocenters. The minimum Gasteiger partial charge on any atom is -0.444 e. The summed E-state index contributed by atoms with van der Waals surface area (Å²) in [5.74, 6) is 2.00. The van der Waals surface area contributed by atoms with Gasteiger partial charge in [0.05, 0.1) is 12.6 Å². The van der Waals surface area contributed by atoms with Crippen LogP contribution in [0.4, 0.5) is 10.6 Å². The molecule has 0 aliphatic carbocycles. The van der Waals surface area contributed by atoms with Crippen LogP contribution in [0.15, 0.2) is 23.3 Å². The van der Waals surface area contributed by atoms with E-state index in [1.807, 2.05) is 27.0 Å². The fourth-order valence-corrected chi connectivity index (χ4v) is 4.09. The Morgan fingerprint density at radius 1 is 1.23 bits per heavy atom. The summed E-state index contributed by atoms with van der Waals surface area (Å²) in [7, 11) is 0. The van der Waals surface area contributed by atoms with Gasteiger partial charge in [0.25, 0.3) is 0 Å². The van der Waals surface area contributed by atoms with Gasteiger partial charge in [-0.3, -0.25) is 4.99 Å². The van der Waals surface area contributed by atoms with Gasteiger partial charge in [-0.2, -0.15) is 0 Å². The normalized spacial score (nSPS) is 21.1. The first-order valence-corrected chi connectivity index (χ1v) is 10.6. The number of guanidine groups is 1. The number of aliphatic imine (C=N–C) groups is 1. The molecule has 0 aromatic carbocycles. The molecule has 4 rings (SSSR count). The highest BCUT2D eigenvalue weighted by Gasteiger charge is 2.36. The molecule has 2 saturated heterocycles. The van der Waals surface area contributed by atoms with E-state index < -0.39 is 5.60 Å². The first-order chi connectivity index (χ1) is 13.9. The second kappa shape index (κ2) is 9.57. The van der Waals surface area contributed by atoms with Gasteiger partial charge in [0, 0.05) is 45.5 Å². The number of amides is 1. The molecule has 0 radical (unpaired) electrons. The number of carbonyl (C=O) groups is 1. The Hall–Kier alpha value is -1.78. The molecule has 1 aromatic heterocycles. The molecule has 0 spiro atoms. The molecule has 1 N–H and O–H groups in total. The van der Waals surface area contributed by atoms with Crippen LogP contribution >= 0.6 is 24.0 Å². The van der Waals surface area contributed by atoms with Crippen molar-refractivity contribution in [1.82, 2.24) is 20.1 Å². The topological polar surface area (TPSA) is 73.3 Å². The van der Waals surface area contributed by atoms with Gasteiger partial charge >= 0.3 is 6.09 Å². The quantitative estimate of drug-likeness (QED) is 0.609. The minimum absolute atomic E-state index is 0. The van der Waals surface area contributed by atoms with Gasteiger partial charge in [0.2, 0.25) is 0 Å². The van der Waals surface area contributed by atoms with E-state index in [1.165, 1.54) is 18.4 Å². The van der Waals surface area contributed by atoms with E-state index >= 15 is 0 Å². The molecule has 30 heavy (non-hydrogen) atoms. The summed E-state index contributed by atoms with van der Waals surface area (Å²) in [6.07, 6.45) is 4.16. The molecule has 8 nitrogen and oxygen atoms in total. The van der Waals surface area contributed by atoms with Gasteiger partial charge < -0.3 is 24.8 Å². The summed E-state index contributed by atoms with van der Waals surface area (Å²) in [6.45, 7) is 11.4. The molecule has 0 saturated carbocycles. The van der Waals surface area contributed by atoms with Crippen LogP contribution in [0.3, 0.4) is 0 Å². The molecular formula is C21H33IN6O2. The van der Waals surface area contributed by atoms with Crippen molar-refractivity contribution in [2.24, 2.45) is 4.99 Å². The van der Waals surface area contributed by atoms with Crippen LogP contribution in [-0.2, 0) is 11.3 Å². The third kappa shape index (κ3) is 5.47. The SMILES string of the molecule is CC(C)(C)OC(=O)N1CCN2C(NCc3ccnc(N4CCCC4)c3)=NCC2C1.I. The molecule has 2 fully saturated rings. The van der Waals surface area contributed by atoms with Gasteiger partial charge in [-0.15, -0.1) is 24.0 Å². The maximum absolute atomic E-state index is 12.4. The van der Waals surface area contributed by atoms with Crippen molar-refractivity contribution in [1.29, 1.82) is 0 Å². The van der Waals surface area contributed by atoms with Gasteiger partial charge in [0.15, 0.2) is 5.96 Å². The lowest BCUT2D eigenvalue weighted by Gasteiger charge is -2.39. The average Bonchev–Trinajstić information content (AvgIpc) is 3.35. The maximum atomic E-state index is 12.4. The minimum atomic E-state index is -0.467. The number of hydrogen-bond donors (Lipinski definition) is 1. The Bertz CT molecular complexity index is 775. The van der Waals surface area contributed by atoms with Gasteiger partial charge in [-0.25, -0.2) is 9.78 Å². The van der Waals surface area contributed by atoms with Crippen molar-refractivity contribution in [3.8, 4) is 0 Å². The second-order valence-electron chi connectivity index (χ2n) is 9.01. The number of piperazine rings is 1. The monoisotopic (exact) mass is 528 g/mol. The summed E-state index contributed by atoms with van der Waals surface area (Å²) in [5.41, 5.74) is 0.742. The molecular weight excluding hydrogens is 495 g/mol. The molecule has 0 bridgehead atoms. The Balaban J connectivity index is 0.00000256. The zero-order valence-electron chi connectivity index (χ0n) is 18.1. The van der Waals surface area contributed by atoms with E-state index in [9.17, 15) is 4.79 Å². The molecule has 3 aliphatic rings. The number of halogens is 1. The maximum Gasteiger partial charge on any atom is 0.410 e. The van der Waals surface area contributed by atoms with Crippen molar-refractivity contribution in [2.75, 3.05) is 44.2 Å². The molecule has 1 aromatic rings. The Morgan fingerprint density at radius 2 is 2.00 bits per heavy atom. The highest BCUT2D eigenvalue weighted by molar-refractivity contribution is 14.0. The summed E-state index contributed by atoms with van der Waals surface area (Å²) >= 11 is 0. The fourth-order valence-electron chi connectivity index (χ4n) is 4.09. The molecule has 1 amide bonds. The smallest absolute Gasteiger partial charge is 0.410 e. The van der Waals surface area contributed by atoms with Crippen LogP contribution in [0, 0.1) is 0 Å². The summed E-state index contributed by atoms with van der Waals surface area (Å²) in [5, 5.41) is 3.49. The average molecular weight is 528 g/mol. The van der Waals surface area contributed by atoms with E-state index in [-0.39, 0.29) is 36.1 Å². The van der Waals surface area contributed by atoms with Gasteiger partial charge in [-0.1, -0.05) is 0 Å². The Morgan fingerprint density at radius 3 is 2.73 bits per heavy atom. The molecule has 166 valence electrons. The van der Waals surface area contributed by atoms with Crippen molar-refractivity contribution >= 4 is 41.8 Å². The molecule has 4 heterocycles. The van der Waals surface area contributed by atoms with Crippen LogP contribution in [0.25, 0.3) is 0 Å². The van der Waals surface area contributed by atoms with Crippen LogP contribution in [-0.4, -0.2) is 77.7 Å². The van der Waals surface area contributed by atoms with E-state index in [1.54, 1.807) is 4.90 Å². The third-order valence-electron chi connectivity index (χ3n) is 5.55. The standard InChI is InChI=1S/C21H32N6O2.HI/c1-21(2,3)29-20(28)26-10-11-27-17(15-26)14-24-19(27)23-13-16-6-7-22-18(12-16)25-8-4-5-9-25;/h6-7,12,17H,4-5,8-11,13-15H2,1-3H3,(H,23,24);1H. The van der Waals surface area contributed by atoms with E-state index in [2.05, 4.69) is 32.2 Å². The third-order valence-corrected chi connectivity index (χ3v) is 5.55. The number of pyridine rings is 1. The van der Waals surface area contributed by atoms with Crippen molar-refractivity contribution in [3.05, 3.63) is 23.9 Å². The molecule has 9 heteroatoms. The van der Waals surface area contributed by atoms with Crippen LogP contribution in [0.2, 0.25) is 0 Å². The van der Waals surface area contributed by atoms with Gasteiger partial charge in [0.1, 0.15) is 11.4 Å². The predicted octanol–water partition coefficient (Wildman–Crippen LogP) is 2.68. The number of fused-ring (bicyclic) bond motifs is 1. The summed E-state index contributed by atoms with van der Waals surface area (Å²) in [4.78, 5) is 28.0. The number of hydrogen-bond acceptors (Lipinski definition) is 7. The highest BCUT2D eigenvalue weighted by atomic mass is 127. The lowest BCUT2D eigenvalue weighted by molar-refractivity contribution is 0.0137. The first-order valence-electron chi connectivity index (χ1n) is 10.6. The molecule has 1 atom stereocenters. The van der Waals surface area contributed by atoms with Crippen LogP contribution in [0.1, 0.15) is 39.2 Å². The second-order valence-corrected chi connectivity index (χ2v) is 9.01. The summed E-state index contributed by atoms with van der Waals surface area (Å²) in [6, 6.07) is 4.45. The van der Waals surface area contributed by atoms with E-state index in [0.29, 0.717) is 19.6 Å². The largest absolute Gasteiger partial charge is 0.444 e. The Kier molecular flexibility index (Phi) is 7.30. The van der Waals surface area contributed by atoms with Crippen LogP contribution in [0.5, 0.6) is 0 Å². The lowest BCUT2D eigenvalue weighted by atomic mass is 10.2. The van der Waals surface area contributed by atoms with E-state index in [0.717, 1.165) is 38.0 Å². The number of nitrogens with zero attached hydrogens (tertiary/aromatic N) is 5. The number of ether oxygens (including phenoxy) is 1. The zero-order valence-corrected chi connectivity index (χ0v) is 20.5. The molecule has 3 aliphatic heterocycles. The number of rotatable bonds is 3. The Labute approximate surface area is 196 Å². The number of nitrogens with one attached hydrogen (secondary N) is 1. The number of carbonyl (C=O) groups excluding carboxylic acids is 1. The predicted molar refractivity (Wildman–Crippen MR) is 129 cm³/mol. The summed E-state index contributed by atoms with van der Waals surface area (Å²) < 4.78 is 5.52. The van der Waals surface area contributed by atoms with Crippen molar-refractivity contribution < 1.29 is 9.53 Å². The highest BCUT2D eigenvalue weighted by Crippen LogP contribution is 2.20. The van der Waals surface area contributed by atoms with E-state index in [4.69, 9.17) is 9.73 Å². The number of anilines is 1. The fraction of sp³-hybridized carbons (Fsp3) is 0.667. The van der Waals surface area contributed by atoms with Crippen molar-refractivity contribution in [2.45, 2.75) is 51.8 Å². The zero-order chi connectivity index (χ0) is 20.4. The van der Waals surface area contributed by atoms with Crippen LogP contribution < -0.4 is 10.2 Å². The first kappa shape index (κ1) is 22.9.